The van der Waals surface area contributed by atoms with Crippen molar-refractivity contribution in [3.8, 4) is 0 Å². The summed E-state index contributed by atoms with van der Waals surface area (Å²) in [5.41, 5.74) is 2.37. The summed E-state index contributed by atoms with van der Waals surface area (Å²) in [5, 5.41) is 9.10. The zero-order valence-corrected chi connectivity index (χ0v) is 12.0. The van der Waals surface area contributed by atoms with E-state index >= 15 is 0 Å². The van der Waals surface area contributed by atoms with Crippen LogP contribution < -0.4 is 4.90 Å². The van der Waals surface area contributed by atoms with E-state index in [-0.39, 0.29) is 12.6 Å². The Bertz CT molecular complexity index is 628. The Kier molecular flexibility index (Phi) is 4.17. The van der Waals surface area contributed by atoms with Gasteiger partial charge in [0.15, 0.2) is 5.82 Å². The van der Waals surface area contributed by atoms with Gasteiger partial charge in [0, 0.05) is 6.04 Å². The molecule has 5 heteroatoms. The van der Waals surface area contributed by atoms with Gasteiger partial charge in [0.1, 0.15) is 6.54 Å². The molecule has 1 unspecified atom stereocenters. The Morgan fingerprint density at radius 2 is 1.90 bits per heavy atom. The van der Waals surface area contributed by atoms with Gasteiger partial charge < -0.3 is 10.0 Å². The van der Waals surface area contributed by atoms with Gasteiger partial charge in [0.05, 0.1) is 16.7 Å². The van der Waals surface area contributed by atoms with E-state index in [1.54, 1.807) is 4.90 Å². The largest absolute Gasteiger partial charge is 0.480 e. The molecule has 0 radical (unpaired) electrons. The highest BCUT2D eigenvalue weighted by Crippen LogP contribution is 2.22. The average Bonchev–Trinajstić information content (AvgIpc) is 2.43. The molecule has 1 atom stereocenters. The van der Waals surface area contributed by atoms with Gasteiger partial charge in [-0.05, 0) is 32.4 Å². The third-order valence-electron chi connectivity index (χ3n) is 3.42. The van der Waals surface area contributed by atoms with E-state index in [9.17, 15) is 4.79 Å². The fourth-order valence-electron chi connectivity index (χ4n) is 2.16. The first-order valence-electron chi connectivity index (χ1n) is 6.74. The van der Waals surface area contributed by atoms with Crippen LogP contribution in [0.2, 0.25) is 0 Å². The van der Waals surface area contributed by atoms with Crippen molar-refractivity contribution in [3.63, 3.8) is 0 Å². The molecule has 0 aliphatic carbocycles. The van der Waals surface area contributed by atoms with Crippen LogP contribution in [0.15, 0.2) is 24.3 Å². The molecule has 20 heavy (non-hydrogen) atoms. The molecule has 1 aromatic carbocycles. The molecule has 0 bridgehead atoms. The van der Waals surface area contributed by atoms with Crippen LogP contribution in [-0.2, 0) is 4.79 Å². The minimum absolute atomic E-state index is 0.0666. The van der Waals surface area contributed by atoms with Crippen LogP contribution in [0.25, 0.3) is 11.0 Å². The van der Waals surface area contributed by atoms with Gasteiger partial charge >= 0.3 is 5.97 Å². The lowest BCUT2D eigenvalue weighted by Gasteiger charge is -2.29. The van der Waals surface area contributed by atoms with Gasteiger partial charge in [0.25, 0.3) is 0 Å². The first kappa shape index (κ1) is 14.2. The van der Waals surface area contributed by atoms with Gasteiger partial charge in [-0.2, -0.15) is 0 Å². The summed E-state index contributed by atoms with van der Waals surface area (Å²) >= 11 is 0. The lowest BCUT2D eigenvalue weighted by molar-refractivity contribution is -0.135. The highest BCUT2D eigenvalue weighted by atomic mass is 16.4. The number of benzene rings is 1. The molecule has 0 saturated heterocycles. The number of carbonyl (C=O) groups is 1. The highest BCUT2D eigenvalue weighted by Gasteiger charge is 2.20. The van der Waals surface area contributed by atoms with E-state index < -0.39 is 5.97 Å². The topological polar surface area (TPSA) is 66.3 Å². The Morgan fingerprint density at radius 3 is 2.45 bits per heavy atom. The fraction of sp³-hybridized carbons (Fsp3) is 0.400. The van der Waals surface area contributed by atoms with Gasteiger partial charge in [0.2, 0.25) is 0 Å². The molecule has 0 saturated carbocycles. The molecule has 0 amide bonds. The fourth-order valence-corrected chi connectivity index (χ4v) is 2.16. The Labute approximate surface area is 118 Å². The van der Waals surface area contributed by atoms with E-state index in [0.29, 0.717) is 5.82 Å². The predicted octanol–water partition coefficient (Wildman–Crippen LogP) is 2.63. The van der Waals surface area contributed by atoms with Crippen molar-refractivity contribution in [1.29, 1.82) is 0 Å². The van der Waals surface area contributed by atoms with Crippen LogP contribution in [0, 0.1) is 6.92 Å². The minimum Gasteiger partial charge on any atom is -0.480 e. The minimum atomic E-state index is -0.861. The number of carboxylic acid groups (broad SMARTS) is 1. The summed E-state index contributed by atoms with van der Waals surface area (Å²) in [6, 6.07) is 7.71. The maximum atomic E-state index is 11.1. The predicted molar refractivity (Wildman–Crippen MR) is 79.0 cm³/mol. The molecule has 0 fully saturated rings. The molecule has 1 N–H and O–H groups in total. The van der Waals surface area contributed by atoms with Crippen LogP contribution in [0.1, 0.15) is 26.0 Å². The monoisotopic (exact) mass is 273 g/mol. The standard InChI is InChI=1S/C15H19N3O2/c1-4-10(2)18(9-14(19)20)15-11(3)16-12-7-5-6-8-13(12)17-15/h5-8,10H,4,9H2,1-3H3,(H,19,20). The van der Waals surface area contributed by atoms with E-state index in [1.807, 2.05) is 45.0 Å². The van der Waals surface area contributed by atoms with Crippen molar-refractivity contribution in [1.82, 2.24) is 9.97 Å². The zero-order chi connectivity index (χ0) is 14.7. The Morgan fingerprint density at radius 1 is 1.30 bits per heavy atom. The molecule has 1 heterocycles. The van der Waals surface area contributed by atoms with Gasteiger partial charge in [-0.3, -0.25) is 4.79 Å². The Hall–Kier alpha value is -2.17. The molecular formula is C15H19N3O2. The van der Waals surface area contributed by atoms with E-state index in [2.05, 4.69) is 9.97 Å². The first-order chi connectivity index (χ1) is 9.52. The van der Waals surface area contributed by atoms with Crippen LogP contribution in [0.5, 0.6) is 0 Å². The molecule has 1 aromatic heterocycles. The van der Waals surface area contributed by atoms with Gasteiger partial charge in [-0.15, -0.1) is 0 Å². The normalized spacial score (nSPS) is 12.3. The summed E-state index contributed by atoms with van der Waals surface area (Å²) < 4.78 is 0. The van der Waals surface area contributed by atoms with Crippen molar-refractivity contribution < 1.29 is 9.90 Å². The first-order valence-corrected chi connectivity index (χ1v) is 6.74. The molecule has 5 nitrogen and oxygen atoms in total. The SMILES string of the molecule is CCC(C)N(CC(=O)O)c1nc2ccccc2nc1C. The smallest absolute Gasteiger partial charge is 0.323 e. The zero-order valence-electron chi connectivity index (χ0n) is 12.0. The number of anilines is 1. The molecule has 0 aliphatic rings. The number of carboxylic acids is 1. The molecule has 2 rings (SSSR count). The third-order valence-corrected chi connectivity index (χ3v) is 3.42. The molecule has 2 aromatic rings. The summed E-state index contributed by atoms with van der Waals surface area (Å²) in [4.78, 5) is 22.0. The lowest BCUT2D eigenvalue weighted by Crippen LogP contribution is -2.38. The average molecular weight is 273 g/mol. The number of fused-ring (bicyclic) bond motifs is 1. The number of para-hydroxylation sites is 2. The van der Waals surface area contributed by atoms with Crippen molar-refractivity contribution in [3.05, 3.63) is 30.0 Å². The van der Waals surface area contributed by atoms with Crippen molar-refractivity contribution in [2.45, 2.75) is 33.2 Å². The summed E-state index contributed by atoms with van der Waals surface area (Å²) in [7, 11) is 0. The summed E-state index contributed by atoms with van der Waals surface area (Å²) in [5.74, 6) is -0.208. The number of rotatable bonds is 5. The number of hydrogen-bond donors (Lipinski definition) is 1. The molecular weight excluding hydrogens is 254 g/mol. The maximum Gasteiger partial charge on any atom is 0.323 e. The summed E-state index contributed by atoms with van der Waals surface area (Å²) in [6.07, 6.45) is 0.848. The number of aryl methyl sites for hydroxylation is 1. The number of aromatic nitrogens is 2. The summed E-state index contributed by atoms with van der Waals surface area (Å²) in [6.45, 7) is 5.83. The molecule has 106 valence electrons. The second kappa shape index (κ2) is 5.86. The quantitative estimate of drug-likeness (QED) is 0.907. The van der Waals surface area contributed by atoms with E-state index in [0.717, 1.165) is 23.1 Å². The van der Waals surface area contributed by atoms with Gasteiger partial charge in [-0.1, -0.05) is 19.1 Å². The van der Waals surface area contributed by atoms with Crippen molar-refractivity contribution in [2.24, 2.45) is 0 Å². The molecule has 0 spiro atoms. The third kappa shape index (κ3) is 2.87. The number of nitrogens with zero attached hydrogens (tertiary/aromatic N) is 3. The van der Waals surface area contributed by atoms with Crippen LogP contribution >= 0.6 is 0 Å². The number of hydrogen-bond acceptors (Lipinski definition) is 4. The lowest BCUT2D eigenvalue weighted by atomic mass is 10.2. The van der Waals surface area contributed by atoms with Gasteiger partial charge in [-0.25, -0.2) is 9.97 Å². The van der Waals surface area contributed by atoms with E-state index in [4.69, 9.17) is 5.11 Å². The van der Waals surface area contributed by atoms with Crippen LogP contribution in [0.3, 0.4) is 0 Å². The Balaban J connectivity index is 2.51. The number of aliphatic carboxylic acids is 1. The van der Waals surface area contributed by atoms with Crippen molar-refractivity contribution >= 4 is 22.8 Å². The van der Waals surface area contributed by atoms with Crippen LogP contribution in [-0.4, -0.2) is 33.6 Å². The maximum absolute atomic E-state index is 11.1. The second-order valence-corrected chi connectivity index (χ2v) is 4.90. The highest BCUT2D eigenvalue weighted by molar-refractivity contribution is 5.78. The van der Waals surface area contributed by atoms with Crippen LogP contribution in [0.4, 0.5) is 5.82 Å². The van der Waals surface area contributed by atoms with Crippen molar-refractivity contribution in [2.75, 3.05) is 11.4 Å². The second-order valence-electron chi connectivity index (χ2n) is 4.90. The van der Waals surface area contributed by atoms with E-state index in [1.165, 1.54) is 0 Å². The molecule has 0 aliphatic heterocycles.